The van der Waals surface area contributed by atoms with Gasteiger partial charge in [0.1, 0.15) is 5.82 Å². The second kappa shape index (κ2) is 3.14. The first kappa shape index (κ1) is 7.72. The van der Waals surface area contributed by atoms with Gasteiger partial charge in [-0.05, 0) is 13.3 Å². The van der Waals surface area contributed by atoms with Crippen molar-refractivity contribution in [2.45, 2.75) is 13.3 Å². The predicted molar refractivity (Wildman–Crippen MR) is 43.5 cm³/mol. The molecule has 0 atom stereocenters. The molecule has 0 saturated carbocycles. The normalized spacial score (nSPS) is 9.55. The van der Waals surface area contributed by atoms with Crippen molar-refractivity contribution >= 4 is 0 Å². The van der Waals surface area contributed by atoms with Crippen LogP contribution in [0.25, 0.3) is 0 Å². The molecule has 0 aliphatic rings. The summed E-state index contributed by atoms with van der Waals surface area (Å²) in [6.07, 6.45) is 3.83. The number of aromatic nitrogens is 2. The van der Waals surface area contributed by atoms with Crippen LogP contribution in [0.15, 0.2) is 23.6 Å². The molecule has 1 heterocycles. The predicted octanol–water partition coefficient (Wildman–Crippen LogP) is 0.807. The summed E-state index contributed by atoms with van der Waals surface area (Å²) in [6, 6.07) is 0. The summed E-state index contributed by atoms with van der Waals surface area (Å²) in [5.41, 5.74) is 0.586. The molecule has 1 aromatic heterocycles. The number of rotatable bonds is 2. The molecular weight excluding hydrogens is 140 g/mol. The number of allylic oxidation sites excluding steroid dienone is 1. The van der Waals surface area contributed by atoms with E-state index in [0.29, 0.717) is 17.8 Å². The second-order valence-electron chi connectivity index (χ2n) is 2.32. The molecule has 0 saturated heterocycles. The first-order chi connectivity index (χ1) is 5.24. The number of aromatic amines is 1. The second-order valence-corrected chi connectivity index (χ2v) is 2.32. The minimum atomic E-state index is -0.0719. The SMILES string of the molecule is C=CCc1cnc(C)[nH]c1=O. The van der Waals surface area contributed by atoms with Gasteiger partial charge in [0.25, 0.3) is 5.56 Å². The van der Waals surface area contributed by atoms with Crippen molar-refractivity contribution in [3.05, 3.63) is 40.6 Å². The van der Waals surface area contributed by atoms with Crippen LogP contribution in [0.1, 0.15) is 11.4 Å². The van der Waals surface area contributed by atoms with E-state index in [1.54, 1.807) is 19.2 Å². The lowest BCUT2D eigenvalue weighted by Gasteiger charge is -1.94. The van der Waals surface area contributed by atoms with Crippen molar-refractivity contribution in [1.82, 2.24) is 9.97 Å². The molecule has 3 heteroatoms. The zero-order valence-electron chi connectivity index (χ0n) is 6.42. The number of hydrogen-bond acceptors (Lipinski definition) is 2. The fourth-order valence-corrected chi connectivity index (χ4v) is 0.811. The van der Waals surface area contributed by atoms with Crippen LogP contribution in [-0.4, -0.2) is 9.97 Å². The highest BCUT2D eigenvalue weighted by molar-refractivity contribution is 5.08. The molecule has 3 nitrogen and oxygen atoms in total. The molecule has 1 N–H and O–H groups in total. The van der Waals surface area contributed by atoms with E-state index in [9.17, 15) is 4.79 Å². The molecule has 0 unspecified atom stereocenters. The maximum Gasteiger partial charge on any atom is 0.254 e. The molecule has 0 spiro atoms. The van der Waals surface area contributed by atoms with Gasteiger partial charge in [0.15, 0.2) is 0 Å². The topological polar surface area (TPSA) is 45.8 Å². The lowest BCUT2D eigenvalue weighted by atomic mass is 10.2. The standard InChI is InChI=1S/C8H10N2O/c1-3-4-7-5-9-6(2)10-8(7)11/h3,5H,1,4H2,2H3,(H,9,10,11). The Bertz CT molecular complexity index is 314. The number of hydrogen-bond donors (Lipinski definition) is 1. The van der Waals surface area contributed by atoms with Crippen molar-refractivity contribution in [2.24, 2.45) is 0 Å². The Morgan fingerprint density at radius 2 is 2.55 bits per heavy atom. The highest BCUT2D eigenvalue weighted by atomic mass is 16.1. The molecule has 0 fully saturated rings. The summed E-state index contributed by atoms with van der Waals surface area (Å²) in [7, 11) is 0. The van der Waals surface area contributed by atoms with Crippen molar-refractivity contribution in [2.75, 3.05) is 0 Å². The van der Waals surface area contributed by atoms with E-state index in [2.05, 4.69) is 16.5 Å². The van der Waals surface area contributed by atoms with Gasteiger partial charge in [-0.3, -0.25) is 4.79 Å². The van der Waals surface area contributed by atoms with Crippen molar-refractivity contribution in [3.63, 3.8) is 0 Å². The molecule has 0 aromatic carbocycles. The number of aryl methyl sites for hydroxylation is 1. The van der Waals surface area contributed by atoms with E-state index in [1.165, 1.54) is 0 Å². The molecule has 0 aliphatic carbocycles. The summed E-state index contributed by atoms with van der Waals surface area (Å²) in [5, 5.41) is 0. The lowest BCUT2D eigenvalue weighted by molar-refractivity contribution is 0.975. The zero-order chi connectivity index (χ0) is 8.27. The molecule has 1 rings (SSSR count). The quantitative estimate of drug-likeness (QED) is 0.634. The van der Waals surface area contributed by atoms with E-state index >= 15 is 0 Å². The fourth-order valence-electron chi connectivity index (χ4n) is 0.811. The Kier molecular flexibility index (Phi) is 2.21. The van der Waals surface area contributed by atoms with Gasteiger partial charge in [-0.2, -0.15) is 0 Å². The molecule has 0 bridgehead atoms. The first-order valence-corrected chi connectivity index (χ1v) is 3.39. The summed E-state index contributed by atoms with van der Waals surface area (Å²) in [5.74, 6) is 0.641. The van der Waals surface area contributed by atoms with Crippen LogP contribution in [0.5, 0.6) is 0 Å². The Morgan fingerprint density at radius 1 is 1.82 bits per heavy atom. The van der Waals surface area contributed by atoms with Crippen molar-refractivity contribution in [1.29, 1.82) is 0 Å². The van der Waals surface area contributed by atoms with E-state index in [4.69, 9.17) is 0 Å². The van der Waals surface area contributed by atoms with Gasteiger partial charge in [-0.1, -0.05) is 6.08 Å². The monoisotopic (exact) mass is 150 g/mol. The van der Waals surface area contributed by atoms with Crippen LogP contribution in [0, 0.1) is 6.92 Å². The third kappa shape index (κ3) is 1.77. The highest BCUT2D eigenvalue weighted by Crippen LogP contribution is 1.89. The largest absolute Gasteiger partial charge is 0.311 e. The summed E-state index contributed by atoms with van der Waals surface area (Å²) in [4.78, 5) is 17.7. The first-order valence-electron chi connectivity index (χ1n) is 3.39. The van der Waals surface area contributed by atoms with Gasteiger partial charge < -0.3 is 4.98 Å². The molecule has 0 aliphatic heterocycles. The molecule has 58 valence electrons. The van der Waals surface area contributed by atoms with E-state index in [-0.39, 0.29) is 5.56 Å². The number of H-pyrrole nitrogens is 1. The van der Waals surface area contributed by atoms with Gasteiger partial charge in [-0.25, -0.2) is 4.98 Å². The van der Waals surface area contributed by atoms with Crippen LogP contribution in [0.2, 0.25) is 0 Å². The Balaban J connectivity index is 3.09. The van der Waals surface area contributed by atoms with Gasteiger partial charge in [-0.15, -0.1) is 6.58 Å². The van der Waals surface area contributed by atoms with Crippen LogP contribution in [0.3, 0.4) is 0 Å². The van der Waals surface area contributed by atoms with Gasteiger partial charge in [0.2, 0.25) is 0 Å². The van der Waals surface area contributed by atoms with Crippen LogP contribution in [-0.2, 0) is 6.42 Å². The molecule has 1 aromatic rings. The molecule has 11 heavy (non-hydrogen) atoms. The highest BCUT2D eigenvalue weighted by Gasteiger charge is 1.96. The van der Waals surface area contributed by atoms with Gasteiger partial charge >= 0.3 is 0 Å². The minimum Gasteiger partial charge on any atom is -0.311 e. The zero-order valence-corrected chi connectivity index (χ0v) is 6.42. The maximum atomic E-state index is 11.1. The third-order valence-corrected chi connectivity index (χ3v) is 1.36. The van der Waals surface area contributed by atoms with E-state index in [0.717, 1.165) is 0 Å². The van der Waals surface area contributed by atoms with Gasteiger partial charge in [0.05, 0.1) is 0 Å². The Morgan fingerprint density at radius 3 is 3.09 bits per heavy atom. The minimum absolute atomic E-state index is 0.0719. The van der Waals surface area contributed by atoms with Crippen molar-refractivity contribution < 1.29 is 0 Å². The number of nitrogens with one attached hydrogen (secondary N) is 1. The molecule has 0 radical (unpaired) electrons. The fraction of sp³-hybridized carbons (Fsp3) is 0.250. The van der Waals surface area contributed by atoms with Crippen LogP contribution < -0.4 is 5.56 Å². The van der Waals surface area contributed by atoms with Crippen molar-refractivity contribution in [3.8, 4) is 0 Å². The third-order valence-electron chi connectivity index (χ3n) is 1.36. The summed E-state index contributed by atoms with van der Waals surface area (Å²) >= 11 is 0. The Labute approximate surface area is 64.8 Å². The average Bonchev–Trinajstić information content (AvgIpc) is 1.95. The Hall–Kier alpha value is -1.38. The number of nitrogens with zero attached hydrogens (tertiary/aromatic N) is 1. The van der Waals surface area contributed by atoms with Crippen LogP contribution in [0.4, 0.5) is 0 Å². The maximum absolute atomic E-state index is 11.1. The van der Waals surface area contributed by atoms with E-state index in [1.807, 2.05) is 0 Å². The van der Waals surface area contributed by atoms with Gasteiger partial charge in [0, 0.05) is 11.8 Å². The smallest absolute Gasteiger partial charge is 0.254 e. The van der Waals surface area contributed by atoms with E-state index < -0.39 is 0 Å². The summed E-state index contributed by atoms with van der Waals surface area (Å²) in [6.45, 7) is 5.29. The molecular formula is C8H10N2O. The molecule has 0 amide bonds. The van der Waals surface area contributed by atoms with Crippen LogP contribution >= 0.6 is 0 Å². The summed E-state index contributed by atoms with van der Waals surface area (Å²) < 4.78 is 0. The lowest BCUT2D eigenvalue weighted by Crippen LogP contribution is -2.13. The average molecular weight is 150 g/mol.